The van der Waals surface area contributed by atoms with Crippen LogP contribution in [0.4, 0.5) is 0 Å². The van der Waals surface area contributed by atoms with Gasteiger partial charge in [0.1, 0.15) is 18.1 Å². The molecule has 1 heterocycles. The SMILES string of the molecule is CSCCC(NC(=O)C(N)Cc1cnc[nH]1)C(=O)NC(CCCN=C(N)N)C(=O)NC(CC(N)=O)C(=O)O. The highest BCUT2D eigenvalue weighted by molar-refractivity contribution is 7.98. The number of aromatic amines is 1. The standard InChI is InChI=1S/C21H36N10O6S/c1-38-6-4-14(29-17(33)12(22)7-11-9-26-10-28-11)19(35)30-13(3-2-5-27-21(24)25)18(34)31-15(20(36)37)8-16(23)32/h9-10,12-15H,2-8,22H2,1H3,(H2,23,32)(H,26,28)(H,29,33)(H,30,35)(H,31,34)(H,36,37)(H4,24,25,27). The molecule has 4 amide bonds. The van der Waals surface area contributed by atoms with Crippen molar-refractivity contribution in [3.05, 3.63) is 18.2 Å². The first-order chi connectivity index (χ1) is 17.9. The number of carbonyl (C=O) groups excluding carboxylic acids is 4. The molecule has 0 bridgehead atoms. The molecule has 1 aromatic rings. The van der Waals surface area contributed by atoms with Crippen LogP contribution in [0.15, 0.2) is 17.5 Å². The summed E-state index contributed by atoms with van der Waals surface area (Å²) in [4.78, 5) is 71.9. The highest BCUT2D eigenvalue weighted by atomic mass is 32.2. The van der Waals surface area contributed by atoms with Crippen LogP contribution in [0.25, 0.3) is 0 Å². The first-order valence-electron chi connectivity index (χ1n) is 11.6. The Kier molecular flexibility index (Phi) is 14.2. The Bertz CT molecular complexity index is 970. The van der Waals surface area contributed by atoms with E-state index >= 15 is 0 Å². The normalized spacial score (nSPS) is 13.8. The molecule has 4 atom stereocenters. The zero-order chi connectivity index (χ0) is 28.7. The summed E-state index contributed by atoms with van der Waals surface area (Å²) in [6.45, 7) is 0.140. The summed E-state index contributed by atoms with van der Waals surface area (Å²) in [6, 6.07) is -4.82. The van der Waals surface area contributed by atoms with Crippen LogP contribution in [-0.4, -0.2) is 93.4 Å². The van der Waals surface area contributed by atoms with Crippen LogP contribution in [0.1, 0.15) is 31.4 Å². The minimum absolute atomic E-state index is 0.0276. The quantitative estimate of drug-likeness (QED) is 0.0485. The summed E-state index contributed by atoms with van der Waals surface area (Å²) in [6.07, 6.45) is 4.83. The number of guanidine groups is 1. The van der Waals surface area contributed by atoms with Gasteiger partial charge in [-0.2, -0.15) is 11.8 Å². The molecule has 0 aliphatic carbocycles. The summed E-state index contributed by atoms with van der Waals surface area (Å²) in [7, 11) is 0. The molecule has 16 nitrogen and oxygen atoms in total. The third-order valence-corrected chi connectivity index (χ3v) is 5.82. The van der Waals surface area contributed by atoms with Crippen LogP contribution in [0.5, 0.6) is 0 Å². The van der Waals surface area contributed by atoms with Gasteiger partial charge in [-0.3, -0.25) is 24.2 Å². The van der Waals surface area contributed by atoms with Gasteiger partial charge in [0.15, 0.2) is 5.96 Å². The van der Waals surface area contributed by atoms with Crippen molar-refractivity contribution in [2.24, 2.45) is 27.9 Å². The van der Waals surface area contributed by atoms with Crippen LogP contribution in [0.2, 0.25) is 0 Å². The second-order valence-corrected chi connectivity index (χ2v) is 9.30. The number of nitrogens with one attached hydrogen (secondary N) is 4. The maximum absolute atomic E-state index is 13.1. The number of aromatic nitrogens is 2. The number of amides is 4. The molecule has 38 heavy (non-hydrogen) atoms. The molecule has 212 valence electrons. The number of carboxylic acids is 1. The van der Waals surface area contributed by atoms with E-state index in [0.717, 1.165) is 0 Å². The van der Waals surface area contributed by atoms with Gasteiger partial charge in [-0.25, -0.2) is 9.78 Å². The average molecular weight is 557 g/mol. The van der Waals surface area contributed by atoms with Crippen molar-refractivity contribution in [3.8, 4) is 0 Å². The molecule has 4 unspecified atom stereocenters. The molecular formula is C21H36N10O6S. The molecule has 13 N–H and O–H groups in total. The van der Waals surface area contributed by atoms with Gasteiger partial charge in [-0.1, -0.05) is 0 Å². The summed E-state index contributed by atoms with van der Waals surface area (Å²) >= 11 is 1.45. The van der Waals surface area contributed by atoms with E-state index < -0.39 is 60.2 Å². The number of aliphatic imine (C=N–C) groups is 1. The topological polar surface area (TPSA) is 287 Å². The molecular weight excluding hydrogens is 520 g/mol. The number of aliphatic carboxylic acids is 1. The monoisotopic (exact) mass is 556 g/mol. The lowest BCUT2D eigenvalue weighted by molar-refractivity contribution is -0.143. The van der Waals surface area contributed by atoms with Gasteiger partial charge in [-0.05, 0) is 31.3 Å². The van der Waals surface area contributed by atoms with Gasteiger partial charge >= 0.3 is 5.97 Å². The third kappa shape index (κ3) is 12.4. The van der Waals surface area contributed by atoms with Crippen molar-refractivity contribution in [1.82, 2.24) is 25.9 Å². The molecule has 1 aromatic heterocycles. The second kappa shape index (κ2) is 16.8. The number of H-pyrrole nitrogens is 1. The van der Waals surface area contributed by atoms with E-state index in [1.807, 2.05) is 6.26 Å². The molecule has 0 saturated carbocycles. The number of imidazole rings is 1. The zero-order valence-electron chi connectivity index (χ0n) is 21.0. The predicted molar refractivity (Wildman–Crippen MR) is 140 cm³/mol. The number of hydrogen-bond acceptors (Lipinski definition) is 9. The number of carboxylic acid groups (broad SMARTS) is 1. The highest BCUT2D eigenvalue weighted by Gasteiger charge is 2.30. The number of thioether (sulfide) groups is 1. The number of hydrogen-bond donors (Lipinski definition) is 9. The average Bonchev–Trinajstić information content (AvgIpc) is 3.35. The Morgan fingerprint density at radius 2 is 1.63 bits per heavy atom. The second-order valence-electron chi connectivity index (χ2n) is 8.31. The van der Waals surface area contributed by atoms with E-state index in [1.165, 1.54) is 24.3 Å². The fourth-order valence-corrected chi connectivity index (χ4v) is 3.70. The Morgan fingerprint density at radius 1 is 1.03 bits per heavy atom. The highest BCUT2D eigenvalue weighted by Crippen LogP contribution is 2.06. The Morgan fingerprint density at radius 3 is 2.16 bits per heavy atom. The molecule has 17 heteroatoms. The number of carbonyl (C=O) groups is 5. The first kappa shape index (κ1) is 32.2. The lowest BCUT2D eigenvalue weighted by Gasteiger charge is -2.25. The maximum atomic E-state index is 13.1. The lowest BCUT2D eigenvalue weighted by Crippen LogP contribution is -2.57. The maximum Gasteiger partial charge on any atom is 0.326 e. The van der Waals surface area contributed by atoms with Crippen molar-refractivity contribution in [2.45, 2.75) is 56.3 Å². The Balaban J connectivity index is 2.99. The van der Waals surface area contributed by atoms with Crippen molar-refractivity contribution in [3.63, 3.8) is 0 Å². The molecule has 0 aliphatic rings. The number of nitrogens with zero attached hydrogens (tertiary/aromatic N) is 2. The molecule has 0 spiro atoms. The molecule has 0 aromatic carbocycles. The largest absolute Gasteiger partial charge is 0.480 e. The fraction of sp³-hybridized carbons (Fsp3) is 0.571. The number of nitrogens with two attached hydrogens (primary N) is 4. The van der Waals surface area contributed by atoms with E-state index in [1.54, 1.807) is 0 Å². The van der Waals surface area contributed by atoms with Crippen LogP contribution in [0.3, 0.4) is 0 Å². The minimum atomic E-state index is -1.59. The van der Waals surface area contributed by atoms with Crippen LogP contribution in [0, 0.1) is 0 Å². The van der Waals surface area contributed by atoms with Crippen LogP contribution < -0.4 is 38.9 Å². The van der Waals surface area contributed by atoms with Crippen molar-refractivity contribution in [1.29, 1.82) is 0 Å². The van der Waals surface area contributed by atoms with Crippen LogP contribution in [-0.2, 0) is 30.4 Å². The van der Waals surface area contributed by atoms with E-state index in [2.05, 4.69) is 30.9 Å². The summed E-state index contributed by atoms with van der Waals surface area (Å²) in [5.41, 5.74) is 22.3. The molecule has 1 rings (SSSR count). The summed E-state index contributed by atoms with van der Waals surface area (Å²) < 4.78 is 0. The molecule has 0 radical (unpaired) electrons. The Hall–Kier alpha value is -3.86. The smallest absolute Gasteiger partial charge is 0.326 e. The van der Waals surface area contributed by atoms with Crippen molar-refractivity contribution in [2.75, 3.05) is 18.6 Å². The molecule has 0 saturated heterocycles. The Labute approximate surface area is 223 Å². The van der Waals surface area contributed by atoms with Gasteiger partial charge in [0.25, 0.3) is 0 Å². The van der Waals surface area contributed by atoms with Gasteiger partial charge in [0.2, 0.25) is 23.6 Å². The van der Waals surface area contributed by atoms with Crippen LogP contribution >= 0.6 is 11.8 Å². The minimum Gasteiger partial charge on any atom is -0.480 e. The fourth-order valence-electron chi connectivity index (χ4n) is 3.23. The lowest BCUT2D eigenvalue weighted by atomic mass is 10.1. The zero-order valence-corrected chi connectivity index (χ0v) is 21.8. The van der Waals surface area contributed by atoms with Gasteiger partial charge in [0, 0.05) is 24.9 Å². The van der Waals surface area contributed by atoms with E-state index in [4.69, 9.17) is 22.9 Å². The van der Waals surface area contributed by atoms with Gasteiger partial charge in [0.05, 0.1) is 18.8 Å². The number of rotatable bonds is 18. The third-order valence-electron chi connectivity index (χ3n) is 5.17. The molecule has 0 fully saturated rings. The summed E-state index contributed by atoms with van der Waals surface area (Å²) in [5, 5.41) is 16.7. The number of primary amides is 1. The van der Waals surface area contributed by atoms with Gasteiger partial charge in [-0.15, -0.1) is 0 Å². The predicted octanol–water partition coefficient (Wildman–Crippen LogP) is -3.50. The van der Waals surface area contributed by atoms with E-state index in [-0.39, 0.29) is 38.2 Å². The van der Waals surface area contributed by atoms with E-state index in [9.17, 15) is 29.1 Å². The van der Waals surface area contributed by atoms with E-state index in [0.29, 0.717) is 11.4 Å². The van der Waals surface area contributed by atoms with Crippen molar-refractivity contribution < 1.29 is 29.1 Å². The van der Waals surface area contributed by atoms with Crippen molar-refractivity contribution >= 4 is 47.3 Å². The van der Waals surface area contributed by atoms with Gasteiger partial charge < -0.3 is 49.0 Å². The molecule has 0 aliphatic heterocycles. The first-order valence-corrected chi connectivity index (χ1v) is 13.0. The summed E-state index contributed by atoms with van der Waals surface area (Å²) in [5.74, 6) is -4.17.